The summed E-state index contributed by atoms with van der Waals surface area (Å²) in [7, 11) is 0. The molecule has 0 radical (unpaired) electrons. The Morgan fingerprint density at radius 3 is 2.38 bits per heavy atom. The third-order valence-corrected chi connectivity index (χ3v) is 0.472. The van der Waals surface area contributed by atoms with Crippen molar-refractivity contribution in [2.75, 3.05) is 13.2 Å². The molecule has 2 N–H and O–H groups in total. The van der Waals surface area contributed by atoms with Gasteiger partial charge < -0.3 is 10.5 Å². The van der Waals surface area contributed by atoms with Crippen LogP contribution < -0.4 is 5.73 Å². The number of halogens is 1. The minimum Gasteiger partial charge on any atom is -0.465 e. The number of rotatable bonds is 2. The maximum Gasteiger partial charge on any atom is 0.319 e. The third-order valence-electron chi connectivity index (χ3n) is 0.472. The van der Waals surface area contributed by atoms with Gasteiger partial charge in [-0.3, -0.25) is 4.79 Å². The Kier molecular flexibility index (Phi) is 8.95. The van der Waals surface area contributed by atoms with Crippen LogP contribution in [0.25, 0.3) is 0 Å². The first-order valence-corrected chi connectivity index (χ1v) is 2.17. The van der Waals surface area contributed by atoms with Crippen molar-refractivity contribution >= 4 is 18.4 Å². The number of hydrogen-bond donors (Lipinski definition) is 1. The van der Waals surface area contributed by atoms with Crippen LogP contribution in [0.2, 0.25) is 0 Å². The molecule has 0 aromatic heterocycles. The molecule has 0 bridgehead atoms. The fourth-order valence-corrected chi connectivity index (χ4v) is 0.220. The van der Waals surface area contributed by atoms with E-state index in [1.165, 1.54) is 0 Å². The zero-order valence-electron chi connectivity index (χ0n) is 4.72. The summed E-state index contributed by atoms with van der Waals surface area (Å²) in [4.78, 5) is 10.1. The lowest BCUT2D eigenvalue weighted by molar-refractivity contribution is -0.141. The zero-order valence-corrected chi connectivity index (χ0v) is 5.53. The summed E-state index contributed by atoms with van der Waals surface area (Å²) in [6.45, 7) is 2.14. The molecule has 0 aromatic rings. The van der Waals surface area contributed by atoms with Gasteiger partial charge in [0.2, 0.25) is 0 Å². The predicted octanol–water partition coefficient (Wildman–Crippen LogP) is -0.0700. The predicted molar refractivity (Wildman–Crippen MR) is 32.9 cm³/mol. The van der Waals surface area contributed by atoms with Crippen molar-refractivity contribution in [2.45, 2.75) is 6.92 Å². The quantitative estimate of drug-likeness (QED) is 0.545. The molecule has 0 aromatic carbocycles. The van der Waals surface area contributed by atoms with Gasteiger partial charge in [0.05, 0.1) is 13.2 Å². The summed E-state index contributed by atoms with van der Waals surface area (Å²) in [5.41, 5.74) is 4.88. The molecule has 0 spiro atoms. The van der Waals surface area contributed by atoms with Gasteiger partial charge >= 0.3 is 5.97 Å². The summed E-state index contributed by atoms with van der Waals surface area (Å²) in [5.74, 6) is -0.345. The second kappa shape index (κ2) is 6.72. The molecule has 0 aliphatic rings. The van der Waals surface area contributed by atoms with Gasteiger partial charge in [-0.1, -0.05) is 0 Å². The highest BCUT2D eigenvalue weighted by Gasteiger charge is 1.91. The first-order valence-electron chi connectivity index (χ1n) is 2.17. The smallest absolute Gasteiger partial charge is 0.319 e. The van der Waals surface area contributed by atoms with Gasteiger partial charge in [0.15, 0.2) is 0 Å². The van der Waals surface area contributed by atoms with Crippen LogP contribution in [0.15, 0.2) is 0 Å². The SMILES string of the molecule is CCOC(=O)CN.Cl. The molecule has 0 saturated heterocycles. The highest BCUT2D eigenvalue weighted by molar-refractivity contribution is 5.85. The highest BCUT2D eigenvalue weighted by Crippen LogP contribution is 1.69. The molecule has 0 heterocycles. The van der Waals surface area contributed by atoms with Crippen molar-refractivity contribution in [3.8, 4) is 0 Å². The van der Waals surface area contributed by atoms with Gasteiger partial charge in [0.25, 0.3) is 0 Å². The van der Waals surface area contributed by atoms with E-state index in [1.807, 2.05) is 0 Å². The van der Waals surface area contributed by atoms with Crippen LogP contribution in [0.5, 0.6) is 0 Å². The van der Waals surface area contributed by atoms with E-state index in [-0.39, 0.29) is 24.9 Å². The highest BCUT2D eigenvalue weighted by atomic mass is 35.5. The van der Waals surface area contributed by atoms with E-state index >= 15 is 0 Å². The van der Waals surface area contributed by atoms with E-state index in [1.54, 1.807) is 6.92 Å². The fourth-order valence-electron chi connectivity index (χ4n) is 0.220. The van der Waals surface area contributed by atoms with Crippen LogP contribution in [0.4, 0.5) is 0 Å². The summed E-state index contributed by atoms with van der Waals surface area (Å²) >= 11 is 0. The number of nitrogens with two attached hydrogens (primary N) is 1. The fraction of sp³-hybridized carbons (Fsp3) is 0.750. The van der Waals surface area contributed by atoms with Gasteiger partial charge in [-0.15, -0.1) is 12.4 Å². The number of ether oxygens (including phenoxy) is 1. The van der Waals surface area contributed by atoms with Gasteiger partial charge in [-0.05, 0) is 6.92 Å². The first kappa shape index (κ1) is 10.7. The molecule has 50 valence electrons. The van der Waals surface area contributed by atoms with Crippen molar-refractivity contribution in [2.24, 2.45) is 5.73 Å². The third kappa shape index (κ3) is 5.72. The van der Waals surface area contributed by atoms with Gasteiger partial charge in [0.1, 0.15) is 0 Å². The van der Waals surface area contributed by atoms with Crippen LogP contribution in [0.1, 0.15) is 6.92 Å². The van der Waals surface area contributed by atoms with Crippen molar-refractivity contribution in [1.29, 1.82) is 0 Å². The lowest BCUT2D eigenvalue weighted by Gasteiger charge is -1.93. The molecule has 0 fully saturated rings. The zero-order chi connectivity index (χ0) is 5.70. The second-order valence-electron chi connectivity index (χ2n) is 1.01. The molecule has 0 aliphatic carbocycles. The Morgan fingerprint density at radius 2 is 2.25 bits per heavy atom. The standard InChI is InChI=1S/C4H9NO2.ClH/c1-2-7-4(6)3-5;/h2-3,5H2,1H3;1H. The monoisotopic (exact) mass is 139 g/mol. The van der Waals surface area contributed by atoms with E-state index < -0.39 is 0 Å². The Morgan fingerprint density at radius 1 is 1.75 bits per heavy atom. The lowest BCUT2D eigenvalue weighted by Crippen LogP contribution is -2.16. The number of carbonyl (C=O) groups excluding carboxylic acids is 1. The largest absolute Gasteiger partial charge is 0.465 e. The Bertz CT molecular complexity index is 67.1. The van der Waals surface area contributed by atoms with E-state index in [0.29, 0.717) is 6.61 Å². The average Bonchev–Trinajstić information content (AvgIpc) is 1.68. The van der Waals surface area contributed by atoms with Crippen LogP contribution in [0, 0.1) is 0 Å². The summed E-state index contributed by atoms with van der Waals surface area (Å²) in [6.07, 6.45) is 0. The minimum atomic E-state index is -0.345. The normalized spacial score (nSPS) is 7.25. The molecule has 4 heteroatoms. The Labute approximate surface area is 54.6 Å². The number of esters is 1. The van der Waals surface area contributed by atoms with Crippen LogP contribution in [0.3, 0.4) is 0 Å². The Balaban J connectivity index is 0. The number of hydrogen-bond acceptors (Lipinski definition) is 3. The van der Waals surface area contributed by atoms with Crippen LogP contribution in [-0.2, 0) is 9.53 Å². The van der Waals surface area contributed by atoms with Gasteiger partial charge in [-0.2, -0.15) is 0 Å². The molecule has 0 atom stereocenters. The van der Waals surface area contributed by atoms with Crippen molar-refractivity contribution in [1.82, 2.24) is 0 Å². The van der Waals surface area contributed by atoms with Crippen LogP contribution >= 0.6 is 12.4 Å². The van der Waals surface area contributed by atoms with Crippen LogP contribution in [-0.4, -0.2) is 19.1 Å². The van der Waals surface area contributed by atoms with E-state index in [9.17, 15) is 4.79 Å². The molecule has 0 unspecified atom stereocenters. The van der Waals surface area contributed by atoms with Gasteiger partial charge in [-0.25, -0.2) is 0 Å². The van der Waals surface area contributed by atoms with Crippen molar-refractivity contribution < 1.29 is 9.53 Å². The minimum absolute atomic E-state index is 0. The molecule has 0 aliphatic heterocycles. The molecule has 0 amide bonds. The number of carbonyl (C=O) groups is 1. The maximum atomic E-state index is 10.1. The molecule has 0 saturated carbocycles. The summed E-state index contributed by atoms with van der Waals surface area (Å²) in [6, 6.07) is 0. The summed E-state index contributed by atoms with van der Waals surface area (Å²) in [5, 5.41) is 0. The van der Waals surface area contributed by atoms with Crippen molar-refractivity contribution in [3.63, 3.8) is 0 Å². The van der Waals surface area contributed by atoms with E-state index in [2.05, 4.69) is 4.74 Å². The molecule has 8 heavy (non-hydrogen) atoms. The molecular weight excluding hydrogens is 130 g/mol. The molecular formula is C4H10ClNO2. The average molecular weight is 140 g/mol. The summed E-state index contributed by atoms with van der Waals surface area (Å²) < 4.78 is 4.43. The Hall–Kier alpha value is -0.280. The topological polar surface area (TPSA) is 52.3 Å². The molecule has 3 nitrogen and oxygen atoms in total. The maximum absolute atomic E-state index is 10.1. The van der Waals surface area contributed by atoms with E-state index in [4.69, 9.17) is 5.73 Å². The lowest BCUT2D eigenvalue weighted by atomic mass is 10.7. The van der Waals surface area contributed by atoms with Crippen molar-refractivity contribution in [3.05, 3.63) is 0 Å². The molecule has 0 rings (SSSR count). The second-order valence-corrected chi connectivity index (χ2v) is 1.01. The van der Waals surface area contributed by atoms with Gasteiger partial charge in [0, 0.05) is 0 Å². The van der Waals surface area contributed by atoms with E-state index in [0.717, 1.165) is 0 Å². The first-order chi connectivity index (χ1) is 3.31.